The normalized spacial score (nSPS) is 18.1. The first-order chi connectivity index (χ1) is 14.4. The van der Waals surface area contributed by atoms with Gasteiger partial charge in [-0.3, -0.25) is 14.5 Å². The van der Waals surface area contributed by atoms with Gasteiger partial charge in [-0.2, -0.15) is 0 Å². The summed E-state index contributed by atoms with van der Waals surface area (Å²) in [6, 6.07) is 19.0. The third kappa shape index (κ3) is 3.18. The molecule has 3 aromatic carbocycles. The predicted molar refractivity (Wildman–Crippen MR) is 114 cm³/mol. The van der Waals surface area contributed by atoms with Gasteiger partial charge in [-0.25, -0.2) is 4.39 Å². The van der Waals surface area contributed by atoms with E-state index in [1.807, 2.05) is 56.3 Å². The van der Waals surface area contributed by atoms with Gasteiger partial charge in [0.05, 0.1) is 11.6 Å². The molecule has 0 saturated carbocycles. The first-order valence-corrected chi connectivity index (χ1v) is 9.58. The quantitative estimate of drug-likeness (QED) is 0.379. The second-order valence-corrected chi connectivity index (χ2v) is 7.31. The lowest BCUT2D eigenvalue weighted by molar-refractivity contribution is -0.132. The molecule has 1 saturated heterocycles. The summed E-state index contributed by atoms with van der Waals surface area (Å²) in [5, 5.41) is 11.0. The van der Waals surface area contributed by atoms with Gasteiger partial charge < -0.3 is 5.11 Å². The molecule has 1 amide bonds. The summed E-state index contributed by atoms with van der Waals surface area (Å²) in [7, 11) is 0. The number of carbonyl (C=O) groups is 2. The molecular weight excluding hydrogens is 381 g/mol. The van der Waals surface area contributed by atoms with Crippen LogP contribution in [0.25, 0.3) is 5.76 Å². The molecule has 150 valence electrons. The molecule has 0 aliphatic carbocycles. The zero-order chi connectivity index (χ0) is 21.4. The molecule has 4 nitrogen and oxygen atoms in total. The van der Waals surface area contributed by atoms with Crippen LogP contribution in [0.1, 0.15) is 28.3 Å². The number of anilines is 1. The summed E-state index contributed by atoms with van der Waals surface area (Å²) in [6.45, 7) is 3.83. The topological polar surface area (TPSA) is 57.6 Å². The fraction of sp³-hybridized carbons (Fsp3) is 0.120. The molecule has 1 aliphatic rings. The zero-order valence-electron chi connectivity index (χ0n) is 16.6. The fourth-order valence-electron chi connectivity index (χ4n) is 3.79. The van der Waals surface area contributed by atoms with Crippen LogP contribution in [-0.4, -0.2) is 16.8 Å². The Balaban J connectivity index is 1.97. The molecule has 30 heavy (non-hydrogen) atoms. The fourth-order valence-corrected chi connectivity index (χ4v) is 3.79. The first kappa shape index (κ1) is 19.6. The van der Waals surface area contributed by atoms with Crippen molar-refractivity contribution in [3.8, 4) is 0 Å². The monoisotopic (exact) mass is 401 g/mol. The number of halogens is 1. The molecule has 0 aromatic heterocycles. The maximum Gasteiger partial charge on any atom is 0.300 e. The van der Waals surface area contributed by atoms with E-state index in [1.54, 1.807) is 6.07 Å². The molecule has 1 atom stereocenters. The molecule has 1 fully saturated rings. The van der Waals surface area contributed by atoms with E-state index < -0.39 is 23.5 Å². The van der Waals surface area contributed by atoms with E-state index in [4.69, 9.17) is 0 Å². The lowest BCUT2D eigenvalue weighted by atomic mass is 9.94. The van der Waals surface area contributed by atoms with Crippen molar-refractivity contribution in [2.45, 2.75) is 19.9 Å². The Morgan fingerprint density at radius 1 is 0.900 bits per heavy atom. The van der Waals surface area contributed by atoms with Gasteiger partial charge in [-0.15, -0.1) is 0 Å². The standard InChI is InChI=1S/C25H20FNO3/c1-15-7-6-10-20(16(15)2)27-22(17-8-4-3-5-9-17)21(24(29)25(27)30)23(28)18-11-13-19(26)14-12-18/h3-14,22,28H,1-2H3/b23-21+. The minimum absolute atomic E-state index is 0.0151. The number of aliphatic hydroxyl groups is 1. The molecule has 0 radical (unpaired) electrons. The van der Waals surface area contributed by atoms with Crippen LogP contribution in [0.2, 0.25) is 0 Å². The van der Waals surface area contributed by atoms with Crippen molar-refractivity contribution in [2.24, 2.45) is 0 Å². The highest BCUT2D eigenvalue weighted by molar-refractivity contribution is 6.51. The zero-order valence-corrected chi connectivity index (χ0v) is 16.6. The molecule has 1 N–H and O–H groups in total. The number of Topliss-reactive ketones (excluding diaryl/α,β-unsaturated/α-hetero) is 1. The summed E-state index contributed by atoms with van der Waals surface area (Å²) in [5.41, 5.74) is 3.43. The van der Waals surface area contributed by atoms with Gasteiger partial charge in [-0.05, 0) is 60.9 Å². The van der Waals surface area contributed by atoms with E-state index in [0.29, 0.717) is 11.3 Å². The van der Waals surface area contributed by atoms with Gasteiger partial charge in [0, 0.05) is 11.3 Å². The van der Waals surface area contributed by atoms with Crippen LogP contribution >= 0.6 is 0 Å². The van der Waals surface area contributed by atoms with Gasteiger partial charge in [0.2, 0.25) is 0 Å². The summed E-state index contributed by atoms with van der Waals surface area (Å²) in [6.07, 6.45) is 0. The number of hydrogen-bond donors (Lipinski definition) is 1. The number of aliphatic hydroxyl groups excluding tert-OH is 1. The average molecular weight is 401 g/mol. The lowest BCUT2D eigenvalue weighted by Gasteiger charge is -2.27. The molecule has 1 unspecified atom stereocenters. The van der Waals surface area contributed by atoms with Crippen LogP contribution in [-0.2, 0) is 9.59 Å². The Morgan fingerprint density at radius 3 is 2.23 bits per heavy atom. The van der Waals surface area contributed by atoms with E-state index in [9.17, 15) is 19.1 Å². The Labute approximate surface area is 173 Å². The largest absolute Gasteiger partial charge is 0.507 e. The number of hydrogen-bond acceptors (Lipinski definition) is 3. The van der Waals surface area contributed by atoms with Crippen molar-refractivity contribution < 1.29 is 19.1 Å². The minimum atomic E-state index is -0.795. The number of ketones is 1. The van der Waals surface area contributed by atoms with E-state index in [1.165, 1.54) is 29.2 Å². The Bertz CT molecular complexity index is 1170. The number of rotatable bonds is 3. The maximum absolute atomic E-state index is 13.3. The molecule has 5 heteroatoms. The smallest absolute Gasteiger partial charge is 0.300 e. The van der Waals surface area contributed by atoms with Crippen LogP contribution in [0.3, 0.4) is 0 Å². The third-order valence-electron chi connectivity index (χ3n) is 5.51. The molecule has 0 bridgehead atoms. The van der Waals surface area contributed by atoms with Crippen molar-refractivity contribution in [3.63, 3.8) is 0 Å². The van der Waals surface area contributed by atoms with Gasteiger partial charge in [-0.1, -0.05) is 42.5 Å². The summed E-state index contributed by atoms with van der Waals surface area (Å²) >= 11 is 0. The van der Waals surface area contributed by atoms with Crippen molar-refractivity contribution in [2.75, 3.05) is 4.90 Å². The van der Waals surface area contributed by atoms with Gasteiger partial charge >= 0.3 is 0 Å². The van der Waals surface area contributed by atoms with Crippen LogP contribution in [0.15, 0.2) is 78.4 Å². The maximum atomic E-state index is 13.3. The highest BCUT2D eigenvalue weighted by Crippen LogP contribution is 2.43. The first-order valence-electron chi connectivity index (χ1n) is 9.58. The second kappa shape index (κ2) is 7.59. The molecular formula is C25H20FNO3. The van der Waals surface area contributed by atoms with Crippen molar-refractivity contribution in [1.82, 2.24) is 0 Å². The lowest BCUT2D eigenvalue weighted by Crippen LogP contribution is -2.30. The molecule has 0 spiro atoms. The summed E-state index contributed by atoms with van der Waals surface area (Å²) in [4.78, 5) is 27.6. The third-order valence-corrected chi connectivity index (χ3v) is 5.51. The van der Waals surface area contributed by atoms with Crippen LogP contribution in [0.4, 0.5) is 10.1 Å². The van der Waals surface area contributed by atoms with Gasteiger partial charge in [0.25, 0.3) is 11.7 Å². The molecule has 3 aromatic rings. The van der Waals surface area contributed by atoms with Crippen LogP contribution in [0, 0.1) is 19.7 Å². The second-order valence-electron chi connectivity index (χ2n) is 7.31. The Morgan fingerprint density at radius 2 is 1.57 bits per heavy atom. The number of amides is 1. The Hall–Kier alpha value is -3.73. The van der Waals surface area contributed by atoms with E-state index in [2.05, 4.69) is 0 Å². The molecule has 1 heterocycles. The number of benzene rings is 3. The van der Waals surface area contributed by atoms with Crippen molar-refractivity contribution in [3.05, 3.63) is 106 Å². The number of carbonyl (C=O) groups excluding carboxylic acids is 2. The highest BCUT2D eigenvalue weighted by Gasteiger charge is 2.47. The van der Waals surface area contributed by atoms with Crippen LogP contribution in [0.5, 0.6) is 0 Å². The van der Waals surface area contributed by atoms with Gasteiger partial charge in [0.1, 0.15) is 11.6 Å². The minimum Gasteiger partial charge on any atom is -0.507 e. The summed E-state index contributed by atoms with van der Waals surface area (Å²) in [5.74, 6) is -2.26. The highest BCUT2D eigenvalue weighted by atomic mass is 19.1. The summed E-state index contributed by atoms with van der Waals surface area (Å²) < 4.78 is 13.3. The van der Waals surface area contributed by atoms with E-state index in [0.717, 1.165) is 11.1 Å². The Kier molecular flexibility index (Phi) is 4.96. The van der Waals surface area contributed by atoms with Gasteiger partial charge in [0.15, 0.2) is 0 Å². The van der Waals surface area contributed by atoms with Crippen LogP contribution < -0.4 is 4.90 Å². The number of nitrogens with zero attached hydrogens (tertiary/aromatic N) is 1. The molecule has 4 rings (SSSR count). The number of aryl methyl sites for hydroxylation is 1. The molecule has 1 aliphatic heterocycles. The van der Waals surface area contributed by atoms with E-state index >= 15 is 0 Å². The average Bonchev–Trinajstić information content (AvgIpc) is 3.01. The van der Waals surface area contributed by atoms with Crippen molar-refractivity contribution in [1.29, 1.82) is 0 Å². The SMILES string of the molecule is Cc1cccc(N2C(=O)C(=O)/C(=C(/O)c3ccc(F)cc3)C2c2ccccc2)c1C. The van der Waals surface area contributed by atoms with Crippen molar-refractivity contribution >= 4 is 23.1 Å². The predicted octanol–water partition coefficient (Wildman–Crippen LogP) is 5.07. The van der Waals surface area contributed by atoms with E-state index in [-0.39, 0.29) is 16.9 Å².